The first-order chi connectivity index (χ1) is 9.20. The molecule has 122 valence electrons. The summed E-state index contributed by atoms with van der Waals surface area (Å²) in [6, 6.07) is 0. The van der Waals surface area contributed by atoms with Crippen LogP contribution < -0.4 is 0 Å². The summed E-state index contributed by atoms with van der Waals surface area (Å²) in [6.07, 6.45) is -3.26. The van der Waals surface area contributed by atoms with Crippen LogP contribution in [0.15, 0.2) is 0 Å². The van der Waals surface area contributed by atoms with Crippen LogP contribution in [0.3, 0.4) is 0 Å². The lowest BCUT2D eigenvalue weighted by Crippen LogP contribution is -2.36. The third-order valence-electron chi connectivity index (χ3n) is 2.81. The lowest BCUT2D eigenvalue weighted by molar-refractivity contribution is -0.284. The van der Waals surface area contributed by atoms with E-state index < -0.39 is 36.1 Å². The first-order valence-electron chi connectivity index (χ1n) is 6.61. The summed E-state index contributed by atoms with van der Waals surface area (Å²) >= 11 is -1.34. The van der Waals surface area contributed by atoms with Crippen molar-refractivity contribution in [3.63, 3.8) is 0 Å². The molecule has 0 radical (unpaired) electrons. The Balaban J connectivity index is 3.61. The average Bonchev–Trinajstić information content (AvgIpc) is 2.32. The third kappa shape index (κ3) is 8.97. The number of aliphatic hydroxyl groups is 1. The zero-order valence-corrected chi connectivity index (χ0v) is 12.0. The third-order valence-corrected chi connectivity index (χ3v) is 4.30. The van der Waals surface area contributed by atoms with E-state index in [0.29, 0.717) is 12.2 Å². The zero-order chi connectivity index (χ0) is 15.6. The molecule has 0 aliphatic heterocycles. The Morgan fingerprint density at radius 2 is 1.30 bits per heavy atom. The molecule has 1 N–H and O–H groups in total. The molecule has 20 heavy (non-hydrogen) atoms. The predicted molar refractivity (Wildman–Crippen MR) is 68.3 cm³/mol. The Kier molecular flexibility index (Phi) is 9.74. The molecule has 0 aliphatic rings. The molecular weight excluding hydrogens is 303 g/mol. The second kappa shape index (κ2) is 9.78. The van der Waals surface area contributed by atoms with Crippen LogP contribution in [0.2, 0.25) is 0 Å². The molecule has 2 nitrogen and oxygen atoms in total. The highest BCUT2D eigenvalue weighted by atomic mass is 32.2. The van der Waals surface area contributed by atoms with Crippen molar-refractivity contribution in [2.75, 3.05) is 18.1 Å². The molecule has 0 amide bonds. The van der Waals surface area contributed by atoms with E-state index >= 15 is 0 Å². The summed E-state index contributed by atoms with van der Waals surface area (Å²) < 4.78 is 72.1. The first-order valence-corrected chi connectivity index (χ1v) is 8.10. The zero-order valence-electron chi connectivity index (χ0n) is 11.2. The Labute approximate surface area is 118 Å². The van der Waals surface area contributed by atoms with Crippen LogP contribution in [0.4, 0.5) is 22.0 Å². The van der Waals surface area contributed by atoms with Crippen LogP contribution >= 0.6 is 0 Å². The molecule has 0 spiro atoms. The highest BCUT2D eigenvalue weighted by molar-refractivity contribution is 7.91. The van der Waals surface area contributed by atoms with Crippen LogP contribution in [-0.4, -0.2) is 39.9 Å². The summed E-state index contributed by atoms with van der Waals surface area (Å²) in [5.74, 6) is -4.49. The van der Waals surface area contributed by atoms with E-state index in [9.17, 15) is 26.5 Å². The van der Waals surface area contributed by atoms with Gasteiger partial charge in [0.2, 0.25) is 0 Å². The molecular formula is C12H21F5O2S. The highest BCUT2D eigenvalue weighted by Crippen LogP contribution is 2.38. The van der Waals surface area contributed by atoms with Crippen LogP contribution in [-0.2, 0) is 11.2 Å². The van der Waals surface area contributed by atoms with Crippen LogP contribution in [0.1, 0.15) is 44.9 Å². The van der Waals surface area contributed by atoms with Gasteiger partial charge >= 0.3 is 12.1 Å². The second-order valence-electron chi connectivity index (χ2n) is 4.65. The number of hydrogen-bond donors (Lipinski definition) is 1. The molecule has 0 aromatic heterocycles. The fourth-order valence-electron chi connectivity index (χ4n) is 1.60. The Morgan fingerprint density at radius 3 is 1.85 bits per heavy atom. The number of hydrogen-bond acceptors (Lipinski definition) is 2. The van der Waals surface area contributed by atoms with Crippen LogP contribution in [0.25, 0.3) is 0 Å². The first kappa shape index (κ1) is 19.9. The summed E-state index contributed by atoms with van der Waals surface area (Å²) in [7, 11) is 0. The van der Waals surface area contributed by atoms with E-state index in [4.69, 9.17) is 5.11 Å². The molecule has 0 saturated carbocycles. The molecule has 8 heteroatoms. The maximum absolute atomic E-state index is 12.6. The fraction of sp³-hybridized carbons (Fsp3) is 1.00. The molecule has 0 rings (SSSR count). The molecule has 1 atom stereocenters. The number of alkyl halides is 5. The van der Waals surface area contributed by atoms with Gasteiger partial charge in [-0.15, -0.1) is 0 Å². The number of unbranched alkanes of at least 4 members (excludes halogenated alkanes) is 4. The average molecular weight is 324 g/mol. The maximum Gasteiger partial charge on any atom is 0.453 e. The summed E-state index contributed by atoms with van der Waals surface area (Å²) in [5, 5.41) is 8.54. The van der Waals surface area contributed by atoms with Crippen molar-refractivity contribution in [3.05, 3.63) is 0 Å². The molecule has 0 aliphatic carbocycles. The van der Waals surface area contributed by atoms with E-state index in [1.165, 1.54) is 0 Å². The van der Waals surface area contributed by atoms with Gasteiger partial charge in [-0.3, -0.25) is 0 Å². The number of rotatable bonds is 11. The van der Waals surface area contributed by atoms with Crippen LogP contribution in [0.5, 0.6) is 0 Å². The van der Waals surface area contributed by atoms with Crippen molar-refractivity contribution in [3.8, 4) is 0 Å². The molecule has 0 bridgehead atoms. The van der Waals surface area contributed by atoms with Crippen molar-refractivity contribution in [2.24, 2.45) is 0 Å². The van der Waals surface area contributed by atoms with Gasteiger partial charge in [-0.25, -0.2) is 0 Å². The van der Waals surface area contributed by atoms with Crippen molar-refractivity contribution in [1.82, 2.24) is 0 Å². The van der Waals surface area contributed by atoms with Gasteiger partial charge in [0.1, 0.15) is 11.5 Å². The minimum atomic E-state index is -5.53. The topological polar surface area (TPSA) is 43.3 Å². The SMILES string of the molecule is [O-][S+](CCCCCCCO)CCCC(F)(F)C(F)(F)F. The van der Waals surface area contributed by atoms with Gasteiger partial charge in [-0.1, -0.05) is 24.0 Å². The van der Waals surface area contributed by atoms with Gasteiger partial charge in [0.15, 0.2) is 0 Å². The van der Waals surface area contributed by atoms with E-state index in [2.05, 4.69) is 0 Å². The minimum Gasteiger partial charge on any atom is -0.616 e. The normalized spacial score (nSPS) is 14.6. The quantitative estimate of drug-likeness (QED) is 0.358. The van der Waals surface area contributed by atoms with Crippen molar-refractivity contribution < 1.29 is 31.6 Å². The molecule has 0 saturated heterocycles. The predicted octanol–water partition coefficient (Wildman–Crippen LogP) is 3.66. The van der Waals surface area contributed by atoms with Gasteiger partial charge < -0.3 is 9.66 Å². The van der Waals surface area contributed by atoms with Gasteiger partial charge in [0.05, 0.1) is 0 Å². The lowest BCUT2D eigenvalue weighted by atomic mass is 10.2. The van der Waals surface area contributed by atoms with Gasteiger partial charge in [-0.05, 0) is 25.7 Å². The van der Waals surface area contributed by atoms with E-state index in [-0.39, 0.29) is 12.4 Å². The van der Waals surface area contributed by atoms with E-state index in [1.54, 1.807) is 0 Å². The second-order valence-corrected chi connectivity index (χ2v) is 6.34. The fourth-order valence-corrected chi connectivity index (χ4v) is 2.80. The molecule has 0 aromatic carbocycles. The number of halogens is 5. The highest BCUT2D eigenvalue weighted by Gasteiger charge is 2.56. The monoisotopic (exact) mass is 324 g/mol. The Morgan fingerprint density at radius 1 is 0.800 bits per heavy atom. The molecule has 0 aromatic rings. The standard InChI is InChI=1S/C12H21F5O2S/c13-11(14,12(15,16)17)7-6-10-20(19)9-5-3-1-2-4-8-18/h18H,1-10H2. The van der Waals surface area contributed by atoms with Crippen LogP contribution in [0, 0.1) is 0 Å². The van der Waals surface area contributed by atoms with E-state index in [0.717, 1.165) is 25.7 Å². The minimum absolute atomic E-state index is 0.123. The maximum atomic E-state index is 12.6. The molecule has 1 unspecified atom stereocenters. The summed E-state index contributed by atoms with van der Waals surface area (Å²) in [5.41, 5.74) is 0. The smallest absolute Gasteiger partial charge is 0.453 e. The summed E-state index contributed by atoms with van der Waals surface area (Å²) in [6.45, 7) is 0.138. The molecule has 0 heterocycles. The van der Waals surface area contributed by atoms with Gasteiger partial charge in [-0.2, -0.15) is 22.0 Å². The van der Waals surface area contributed by atoms with E-state index in [1.807, 2.05) is 0 Å². The lowest BCUT2D eigenvalue weighted by Gasteiger charge is -2.19. The Bertz CT molecular complexity index is 248. The van der Waals surface area contributed by atoms with Gasteiger partial charge in [0.25, 0.3) is 0 Å². The summed E-state index contributed by atoms with van der Waals surface area (Å²) in [4.78, 5) is 0. The van der Waals surface area contributed by atoms with Crippen molar-refractivity contribution >= 4 is 11.2 Å². The largest absolute Gasteiger partial charge is 0.616 e. The van der Waals surface area contributed by atoms with Crippen molar-refractivity contribution in [1.29, 1.82) is 0 Å². The molecule has 0 fully saturated rings. The van der Waals surface area contributed by atoms with Crippen molar-refractivity contribution in [2.45, 2.75) is 57.0 Å². The van der Waals surface area contributed by atoms with Gasteiger partial charge in [0, 0.05) is 13.0 Å². The number of aliphatic hydroxyl groups excluding tert-OH is 1. The Hall–Kier alpha value is -0.0800.